The van der Waals surface area contributed by atoms with Crippen LogP contribution in [0.2, 0.25) is 0 Å². The highest BCUT2D eigenvalue weighted by Crippen LogP contribution is 2.54. The molecule has 4 aliphatic heterocycles. The minimum atomic E-state index is -0.173. The van der Waals surface area contributed by atoms with E-state index in [2.05, 4.69) is 370 Å². The summed E-state index contributed by atoms with van der Waals surface area (Å²) in [6.45, 7) is -0.278. The van der Waals surface area contributed by atoms with Crippen molar-refractivity contribution in [3.63, 3.8) is 0 Å². The van der Waals surface area contributed by atoms with Crippen LogP contribution < -0.4 is 57.3 Å². The van der Waals surface area contributed by atoms with E-state index in [4.69, 9.17) is 0 Å². The molecule has 0 unspecified atom stereocenters. The van der Waals surface area contributed by atoms with Crippen molar-refractivity contribution in [3.05, 3.63) is 346 Å². The molecule has 15 aromatic carbocycles. The van der Waals surface area contributed by atoms with Crippen molar-refractivity contribution < 1.29 is 0 Å². The molecule has 0 saturated carbocycles. The molecule has 4 heterocycles. The first-order chi connectivity index (χ1) is 46.7. The summed E-state index contributed by atoms with van der Waals surface area (Å²) in [5.41, 5.74) is 26.9. The Morgan fingerprint density at radius 3 is 1.10 bits per heavy atom. The third kappa shape index (κ3) is 8.46. The molecule has 0 N–H and O–H groups in total. The van der Waals surface area contributed by atoms with Crippen LogP contribution in [0.1, 0.15) is 0 Å². The topological polar surface area (TPSA) is 16.2 Å². The summed E-state index contributed by atoms with van der Waals surface area (Å²) in [6, 6.07) is 128. The van der Waals surface area contributed by atoms with Crippen molar-refractivity contribution in [2.45, 2.75) is 9.79 Å². The second-order valence-corrected chi connectivity index (χ2v) is 25.8. The third-order valence-corrected chi connectivity index (χ3v) is 20.7. The van der Waals surface area contributed by atoms with E-state index in [-0.39, 0.29) is 13.4 Å². The van der Waals surface area contributed by atoms with Gasteiger partial charge in [-0.05, 0) is 164 Å². The Morgan fingerprint density at radius 1 is 0.245 bits per heavy atom. The molecule has 0 saturated heterocycles. The maximum atomic E-state index is 2.70. The number of fused-ring (bicyclic) bond motifs is 10. The van der Waals surface area contributed by atoms with E-state index >= 15 is 0 Å². The predicted octanol–water partition coefficient (Wildman–Crippen LogP) is 19.4. The molecule has 0 aliphatic carbocycles. The van der Waals surface area contributed by atoms with Gasteiger partial charge in [-0.15, -0.1) is 0 Å². The SMILES string of the molecule is c1ccc(-c2c3ccccc3c(N3c4cc5c(cc4B4c6ccccc6N(c6ccccc6)c6cc(N(c7ccccc7)c7ccccc7)cc3c64)B3c4ccccc4N(c4ccccc4)c4cc(N(c6ccccc6)c6ccccc6)cc(c43)S5)c3ccccc23)cc1. The highest BCUT2D eigenvalue weighted by atomic mass is 32.2. The molecular formula is C86H57B2N5S. The maximum Gasteiger partial charge on any atom is 0.252 e. The van der Waals surface area contributed by atoms with Crippen molar-refractivity contribution in [1.29, 1.82) is 0 Å². The second kappa shape index (κ2) is 22.0. The molecular weight excluding hydrogens is 1160 g/mol. The quantitative estimate of drug-likeness (QED) is 0.0995. The third-order valence-electron chi connectivity index (χ3n) is 19.5. The van der Waals surface area contributed by atoms with Crippen LogP contribution in [-0.4, -0.2) is 13.4 Å². The average Bonchev–Trinajstić information content (AvgIpc) is 0.689. The van der Waals surface area contributed by atoms with Crippen LogP contribution in [0.25, 0.3) is 32.7 Å². The highest BCUT2D eigenvalue weighted by Gasteiger charge is 2.48. The molecule has 0 spiro atoms. The molecule has 0 radical (unpaired) electrons. The van der Waals surface area contributed by atoms with E-state index in [1.165, 1.54) is 86.6 Å². The van der Waals surface area contributed by atoms with Gasteiger partial charge in [-0.25, -0.2) is 0 Å². The minimum Gasteiger partial charge on any atom is -0.311 e. The van der Waals surface area contributed by atoms with Crippen molar-refractivity contribution in [2.75, 3.05) is 24.5 Å². The van der Waals surface area contributed by atoms with Crippen molar-refractivity contribution >= 4 is 165 Å². The predicted molar refractivity (Wildman–Crippen MR) is 400 cm³/mol. The van der Waals surface area contributed by atoms with Crippen molar-refractivity contribution in [2.24, 2.45) is 0 Å². The number of hydrogen-bond donors (Lipinski definition) is 0. The van der Waals surface area contributed by atoms with E-state index in [0.717, 1.165) is 73.9 Å². The Labute approximate surface area is 552 Å². The minimum absolute atomic E-state index is 0.105. The molecule has 8 heteroatoms. The summed E-state index contributed by atoms with van der Waals surface area (Å²) < 4.78 is 0. The molecule has 438 valence electrons. The lowest BCUT2D eigenvalue weighted by atomic mass is 9.31. The van der Waals surface area contributed by atoms with E-state index in [1.54, 1.807) is 0 Å². The summed E-state index contributed by atoms with van der Waals surface area (Å²) in [6.07, 6.45) is 0. The van der Waals surface area contributed by atoms with Gasteiger partial charge in [-0.1, -0.05) is 248 Å². The Balaban J connectivity index is 0.947. The molecule has 5 nitrogen and oxygen atoms in total. The molecule has 4 aliphatic rings. The molecule has 0 atom stereocenters. The Kier molecular flexibility index (Phi) is 12.7. The zero-order valence-electron chi connectivity index (χ0n) is 51.2. The van der Waals surface area contributed by atoms with Gasteiger partial charge in [-0.2, -0.15) is 0 Å². The van der Waals surface area contributed by atoms with Crippen LogP contribution >= 0.6 is 11.8 Å². The van der Waals surface area contributed by atoms with Gasteiger partial charge in [0, 0.05) is 94.5 Å². The van der Waals surface area contributed by atoms with Gasteiger partial charge < -0.3 is 24.5 Å². The number of rotatable bonds is 10. The van der Waals surface area contributed by atoms with Crippen molar-refractivity contribution in [1.82, 2.24) is 0 Å². The number of anilines is 15. The van der Waals surface area contributed by atoms with Gasteiger partial charge in [0.25, 0.3) is 6.71 Å². The average molecular weight is 1210 g/mol. The first-order valence-electron chi connectivity index (χ1n) is 32.4. The fourth-order valence-electron chi connectivity index (χ4n) is 15.8. The first kappa shape index (κ1) is 54.1. The molecule has 19 rings (SSSR count). The number of para-hydroxylation sites is 8. The fraction of sp³-hybridized carbons (Fsp3) is 0. The molecule has 0 aromatic heterocycles. The lowest BCUT2D eigenvalue weighted by molar-refractivity contribution is 1.22. The van der Waals surface area contributed by atoms with E-state index in [9.17, 15) is 0 Å². The summed E-state index contributed by atoms with van der Waals surface area (Å²) in [4.78, 5) is 15.1. The summed E-state index contributed by atoms with van der Waals surface area (Å²) >= 11 is 1.92. The fourth-order valence-corrected chi connectivity index (χ4v) is 17.0. The van der Waals surface area contributed by atoms with Crippen LogP contribution in [-0.2, 0) is 0 Å². The Morgan fingerprint density at radius 2 is 0.617 bits per heavy atom. The standard InChI is InChI=1S/C86H57B2N5S/c1-8-30-58(31-9-1)83-67-44-22-24-46-69(67)86(70-47-25-23-45-68(70)83)93-77-57-81-74(88-72-49-27-29-51-76(72)92(64-42-20-7-21-43-64)80-54-66(55-82(94-81)85(80)88)90(61-36-14-4-15-37-61)62-38-16-5-17-39-62)56-73(77)87-71-48-26-28-50-75(71)91(63-40-18-6-19-41-63)78-52-65(53-79(93)84(78)87)89(59-32-10-2-11-33-59)60-34-12-3-13-35-60/h1-57H. The van der Waals surface area contributed by atoms with Gasteiger partial charge in [0.2, 0.25) is 6.71 Å². The number of hydrogen-bond acceptors (Lipinski definition) is 6. The Hall–Kier alpha value is -11.7. The summed E-state index contributed by atoms with van der Waals surface area (Å²) in [5, 5.41) is 4.76. The van der Waals surface area contributed by atoms with E-state index in [1.807, 2.05) is 11.8 Å². The largest absolute Gasteiger partial charge is 0.311 e. The lowest BCUT2D eigenvalue weighted by Crippen LogP contribution is -2.64. The molecule has 0 amide bonds. The zero-order chi connectivity index (χ0) is 61.8. The highest BCUT2D eigenvalue weighted by molar-refractivity contribution is 8.00. The van der Waals surface area contributed by atoms with Gasteiger partial charge in [-0.3, -0.25) is 0 Å². The van der Waals surface area contributed by atoms with Crippen LogP contribution in [0.15, 0.2) is 356 Å². The smallest absolute Gasteiger partial charge is 0.252 e. The zero-order valence-corrected chi connectivity index (χ0v) is 52.0. The van der Waals surface area contributed by atoms with Crippen LogP contribution in [0.5, 0.6) is 0 Å². The van der Waals surface area contributed by atoms with Gasteiger partial charge in [0.05, 0.1) is 11.4 Å². The van der Waals surface area contributed by atoms with Crippen LogP contribution in [0.4, 0.5) is 85.3 Å². The maximum absolute atomic E-state index is 2.70. The Bertz CT molecular complexity index is 5320. The molecule has 94 heavy (non-hydrogen) atoms. The van der Waals surface area contributed by atoms with E-state index in [0.29, 0.717) is 0 Å². The normalized spacial score (nSPS) is 13.0. The second-order valence-electron chi connectivity index (χ2n) is 24.7. The number of benzene rings is 15. The van der Waals surface area contributed by atoms with Crippen LogP contribution in [0.3, 0.4) is 0 Å². The molecule has 15 aromatic rings. The lowest BCUT2D eigenvalue weighted by Gasteiger charge is -2.46. The summed E-state index contributed by atoms with van der Waals surface area (Å²) in [7, 11) is 0. The molecule has 0 fully saturated rings. The van der Waals surface area contributed by atoms with E-state index < -0.39 is 0 Å². The molecule has 0 bridgehead atoms. The van der Waals surface area contributed by atoms with Gasteiger partial charge >= 0.3 is 0 Å². The first-order valence-corrected chi connectivity index (χ1v) is 33.2. The number of nitrogens with zero attached hydrogens (tertiary/aromatic N) is 5. The van der Waals surface area contributed by atoms with Crippen LogP contribution in [0, 0.1) is 0 Å². The van der Waals surface area contributed by atoms with Gasteiger partial charge in [0.1, 0.15) is 0 Å². The monoisotopic (exact) mass is 1210 g/mol. The van der Waals surface area contributed by atoms with Gasteiger partial charge in [0.15, 0.2) is 0 Å². The van der Waals surface area contributed by atoms with Crippen molar-refractivity contribution in [3.8, 4) is 11.1 Å². The summed E-state index contributed by atoms with van der Waals surface area (Å²) in [5.74, 6) is 0.